The van der Waals surface area contributed by atoms with Gasteiger partial charge < -0.3 is 9.47 Å². The number of imidazole rings is 1. The summed E-state index contributed by atoms with van der Waals surface area (Å²) < 4.78 is 1.91. The van der Waals surface area contributed by atoms with E-state index in [9.17, 15) is 10.5 Å². The maximum atomic E-state index is 9.68. The Balaban J connectivity index is 2.18. The third-order valence-electron chi connectivity index (χ3n) is 4.61. The van der Waals surface area contributed by atoms with Crippen LogP contribution in [-0.2, 0) is 0 Å². The molecule has 0 atom stereocenters. The van der Waals surface area contributed by atoms with E-state index in [1.54, 1.807) is 12.5 Å². The minimum Gasteiger partial charge on any atom is -0.350 e. The SMILES string of the molecule is CC1=C(C#N)C(c2cccc(-n3ccnc3)c2)C(C#N)=C(C)N1C. The number of hydrogen-bond donors (Lipinski definition) is 0. The van der Waals surface area contributed by atoms with E-state index in [4.69, 9.17) is 0 Å². The largest absolute Gasteiger partial charge is 0.350 e. The second-order valence-electron chi connectivity index (χ2n) is 5.78. The Bertz CT molecular complexity index is 881. The molecule has 5 nitrogen and oxygen atoms in total. The van der Waals surface area contributed by atoms with Gasteiger partial charge in [-0.15, -0.1) is 0 Å². The fraction of sp³-hybridized carbons (Fsp3) is 0.211. The van der Waals surface area contributed by atoms with Crippen LogP contribution in [-0.4, -0.2) is 21.5 Å². The molecule has 24 heavy (non-hydrogen) atoms. The van der Waals surface area contributed by atoms with E-state index in [1.807, 2.05) is 60.8 Å². The van der Waals surface area contributed by atoms with Crippen LogP contribution < -0.4 is 0 Å². The summed E-state index contributed by atoms with van der Waals surface area (Å²) in [6.07, 6.45) is 5.32. The maximum absolute atomic E-state index is 9.68. The first-order chi connectivity index (χ1) is 11.6. The van der Waals surface area contributed by atoms with E-state index < -0.39 is 0 Å². The van der Waals surface area contributed by atoms with Crippen molar-refractivity contribution in [3.8, 4) is 17.8 Å². The predicted molar refractivity (Wildman–Crippen MR) is 90.7 cm³/mol. The van der Waals surface area contributed by atoms with Crippen LogP contribution in [0.2, 0.25) is 0 Å². The van der Waals surface area contributed by atoms with Crippen LogP contribution in [0.15, 0.2) is 65.5 Å². The lowest BCUT2D eigenvalue weighted by molar-refractivity contribution is 0.489. The molecule has 3 rings (SSSR count). The number of hydrogen-bond acceptors (Lipinski definition) is 4. The lowest BCUT2D eigenvalue weighted by atomic mass is 9.81. The molecule has 2 heterocycles. The number of aromatic nitrogens is 2. The van der Waals surface area contributed by atoms with Crippen molar-refractivity contribution in [1.82, 2.24) is 14.5 Å². The molecule has 0 radical (unpaired) electrons. The Kier molecular flexibility index (Phi) is 3.93. The van der Waals surface area contributed by atoms with Crippen LogP contribution >= 0.6 is 0 Å². The minimum atomic E-state index is -0.334. The van der Waals surface area contributed by atoms with Crippen LogP contribution in [0.1, 0.15) is 25.3 Å². The summed E-state index contributed by atoms with van der Waals surface area (Å²) in [5.41, 5.74) is 4.87. The van der Waals surface area contributed by atoms with E-state index >= 15 is 0 Å². The van der Waals surface area contributed by atoms with Crippen molar-refractivity contribution in [1.29, 1.82) is 10.5 Å². The third kappa shape index (κ3) is 2.37. The van der Waals surface area contributed by atoms with Gasteiger partial charge in [0.1, 0.15) is 0 Å². The molecule has 1 aliphatic heterocycles. The van der Waals surface area contributed by atoms with Crippen LogP contribution in [0.5, 0.6) is 0 Å². The number of allylic oxidation sites excluding steroid dienone is 4. The van der Waals surface area contributed by atoms with Crippen LogP contribution in [0.3, 0.4) is 0 Å². The van der Waals surface area contributed by atoms with Gasteiger partial charge in [0.05, 0.1) is 35.5 Å². The van der Waals surface area contributed by atoms with Crippen molar-refractivity contribution in [3.05, 3.63) is 71.1 Å². The van der Waals surface area contributed by atoms with E-state index in [0.29, 0.717) is 11.1 Å². The lowest BCUT2D eigenvalue weighted by Crippen LogP contribution is -2.25. The van der Waals surface area contributed by atoms with Gasteiger partial charge in [0.25, 0.3) is 0 Å². The highest BCUT2D eigenvalue weighted by molar-refractivity contribution is 5.56. The molecule has 2 aromatic rings. The van der Waals surface area contributed by atoms with E-state index in [1.165, 1.54) is 0 Å². The number of nitrogens with zero attached hydrogens (tertiary/aromatic N) is 5. The second kappa shape index (κ2) is 6.06. The quantitative estimate of drug-likeness (QED) is 0.850. The lowest BCUT2D eigenvalue weighted by Gasteiger charge is -2.32. The van der Waals surface area contributed by atoms with E-state index in [-0.39, 0.29) is 5.92 Å². The Morgan fingerprint density at radius 2 is 1.75 bits per heavy atom. The number of benzene rings is 1. The molecule has 118 valence electrons. The fourth-order valence-corrected chi connectivity index (χ4v) is 3.08. The Morgan fingerprint density at radius 3 is 2.29 bits per heavy atom. The van der Waals surface area contributed by atoms with Crippen LogP contribution in [0.4, 0.5) is 0 Å². The molecule has 0 saturated heterocycles. The third-order valence-corrected chi connectivity index (χ3v) is 4.61. The molecule has 0 bridgehead atoms. The van der Waals surface area contributed by atoms with Gasteiger partial charge in [0.2, 0.25) is 0 Å². The highest BCUT2D eigenvalue weighted by atomic mass is 15.1. The summed E-state index contributed by atoms with van der Waals surface area (Å²) >= 11 is 0. The minimum absolute atomic E-state index is 0.334. The molecule has 1 aromatic heterocycles. The predicted octanol–water partition coefficient (Wildman–Crippen LogP) is 3.50. The van der Waals surface area contributed by atoms with Crippen LogP contribution in [0.25, 0.3) is 5.69 Å². The fourth-order valence-electron chi connectivity index (χ4n) is 3.08. The van der Waals surface area contributed by atoms with Crippen molar-refractivity contribution in [3.63, 3.8) is 0 Å². The van der Waals surface area contributed by atoms with E-state index in [2.05, 4.69) is 17.1 Å². The molecular weight excluding hydrogens is 298 g/mol. The smallest absolute Gasteiger partial charge is 0.0991 e. The zero-order valence-corrected chi connectivity index (χ0v) is 13.9. The molecule has 0 N–H and O–H groups in total. The monoisotopic (exact) mass is 315 g/mol. The topological polar surface area (TPSA) is 68.6 Å². The maximum Gasteiger partial charge on any atom is 0.0991 e. The molecule has 5 heteroatoms. The normalized spacial score (nSPS) is 15.5. The van der Waals surface area contributed by atoms with Crippen molar-refractivity contribution in [2.45, 2.75) is 19.8 Å². The van der Waals surface area contributed by atoms with Gasteiger partial charge in [-0.05, 0) is 31.5 Å². The van der Waals surface area contributed by atoms with Gasteiger partial charge in [-0.3, -0.25) is 0 Å². The van der Waals surface area contributed by atoms with Gasteiger partial charge in [0.15, 0.2) is 0 Å². The van der Waals surface area contributed by atoms with Gasteiger partial charge in [0, 0.05) is 36.5 Å². The molecule has 0 spiro atoms. The molecule has 0 amide bonds. The molecule has 0 aliphatic carbocycles. The zero-order chi connectivity index (χ0) is 17.3. The van der Waals surface area contributed by atoms with Gasteiger partial charge in [-0.2, -0.15) is 10.5 Å². The summed E-state index contributed by atoms with van der Waals surface area (Å²) in [6, 6.07) is 12.5. The summed E-state index contributed by atoms with van der Waals surface area (Å²) in [4.78, 5) is 5.98. The summed E-state index contributed by atoms with van der Waals surface area (Å²) in [5, 5.41) is 19.4. The second-order valence-corrected chi connectivity index (χ2v) is 5.78. The molecular formula is C19H17N5. The first-order valence-electron chi connectivity index (χ1n) is 7.62. The van der Waals surface area contributed by atoms with Crippen molar-refractivity contribution in [2.24, 2.45) is 0 Å². The number of nitriles is 2. The molecule has 0 fully saturated rings. The van der Waals surface area contributed by atoms with Crippen LogP contribution in [0, 0.1) is 22.7 Å². The first kappa shape index (κ1) is 15.6. The summed E-state index contributed by atoms with van der Waals surface area (Å²) in [5.74, 6) is -0.334. The zero-order valence-electron chi connectivity index (χ0n) is 13.9. The van der Waals surface area contributed by atoms with Crippen molar-refractivity contribution < 1.29 is 0 Å². The van der Waals surface area contributed by atoms with Crippen molar-refractivity contribution >= 4 is 0 Å². The first-order valence-corrected chi connectivity index (χ1v) is 7.62. The summed E-state index contributed by atoms with van der Waals surface area (Å²) in [7, 11) is 1.89. The molecule has 0 unspecified atom stereocenters. The van der Waals surface area contributed by atoms with Crippen molar-refractivity contribution in [2.75, 3.05) is 7.05 Å². The standard InChI is InChI=1S/C19H17N5/c1-13-17(10-20)19(18(11-21)14(2)23(13)3)15-5-4-6-16(9-15)24-8-7-22-12-24/h4-9,12,19H,1-3H3. The Hall–Kier alpha value is -3.31. The summed E-state index contributed by atoms with van der Waals surface area (Å²) in [6.45, 7) is 3.84. The average Bonchev–Trinajstić information content (AvgIpc) is 3.14. The highest BCUT2D eigenvalue weighted by Gasteiger charge is 2.31. The average molecular weight is 315 g/mol. The van der Waals surface area contributed by atoms with Gasteiger partial charge in [-0.1, -0.05) is 12.1 Å². The molecule has 1 aliphatic rings. The Morgan fingerprint density at radius 1 is 1.08 bits per heavy atom. The number of rotatable bonds is 2. The highest BCUT2D eigenvalue weighted by Crippen LogP contribution is 2.40. The van der Waals surface area contributed by atoms with Gasteiger partial charge in [-0.25, -0.2) is 4.98 Å². The van der Waals surface area contributed by atoms with Gasteiger partial charge >= 0.3 is 0 Å². The molecule has 0 saturated carbocycles. The Labute approximate surface area is 141 Å². The van der Waals surface area contributed by atoms with E-state index in [0.717, 1.165) is 22.6 Å². The molecule has 1 aromatic carbocycles.